The Morgan fingerprint density at radius 2 is 1.88 bits per heavy atom. The van der Waals surface area contributed by atoms with Crippen molar-refractivity contribution in [3.05, 3.63) is 84.4 Å². The topological polar surface area (TPSA) is 47.4 Å². The molecule has 0 bridgehead atoms. The number of rotatable bonds is 3. The lowest BCUT2D eigenvalue weighted by Crippen LogP contribution is -2.42. The zero-order valence-electron chi connectivity index (χ0n) is 13.8. The van der Waals surface area contributed by atoms with E-state index in [1.807, 2.05) is 70.3 Å². The second-order valence-corrected chi connectivity index (χ2v) is 6.04. The number of imidazole rings is 1. The van der Waals surface area contributed by atoms with Crippen molar-refractivity contribution in [2.45, 2.75) is 6.10 Å². The number of carbonyl (C=O) groups is 1. The van der Waals surface area contributed by atoms with Crippen LogP contribution < -0.4 is 0 Å². The molecule has 5 nitrogen and oxygen atoms in total. The van der Waals surface area contributed by atoms with Crippen molar-refractivity contribution in [3.8, 4) is 5.69 Å². The van der Waals surface area contributed by atoms with Crippen LogP contribution in [0.2, 0.25) is 0 Å². The molecule has 0 N–H and O–H groups in total. The van der Waals surface area contributed by atoms with Gasteiger partial charge in [0.25, 0.3) is 5.91 Å². The van der Waals surface area contributed by atoms with E-state index < -0.39 is 0 Å². The minimum atomic E-state index is -0.0656. The van der Waals surface area contributed by atoms with Crippen molar-refractivity contribution < 1.29 is 9.53 Å². The largest absolute Gasteiger partial charge is 0.370 e. The van der Waals surface area contributed by atoms with Crippen LogP contribution >= 0.6 is 0 Å². The molecule has 0 radical (unpaired) electrons. The molecule has 2 aromatic carbocycles. The van der Waals surface area contributed by atoms with Crippen molar-refractivity contribution in [2.24, 2.45) is 0 Å². The maximum Gasteiger partial charge on any atom is 0.254 e. The summed E-state index contributed by atoms with van der Waals surface area (Å²) >= 11 is 0. The summed E-state index contributed by atoms with van der Waals surface area (Å²) in [6, 6.07) is 17.7. The molecule has 1 aliphatic heterocycles. The molecule has 1 fully saturated rings. The highest BCUT2D eigenvalue weighted by Crippen LogP contribution is 2.23. The van der Waals surface area contributed by atoms with Gasteiger partial charge in [-0.25, -0.2) is 4.98 Å². The lowest BCUT2D eigenvalue weighted by atomic mass is 10.1. The smallest absolute Gasteiger partial charge is 0.254 e. The van der Waals surface area contributed by atoms with Gasteiger partial charge in [0.2, 0.25) is 0 Å². The summed E-state index contributed by atoms with van der Waals surface area (Å²) in [6.45, 7) is 1.75. The van der Waals surface area contributed by atoms with Gasteiger partial charge < -0.3 is 14.2 Å². The fraction of sp³-hybridized carbons (Fsp3) is 0.200. The minimum Gasteiger partial charge on any atom is -0.370 e. The van der Waals surface area contributed by atoms with Gasteiger partial charge in [-0.3, -0.25) is 4.79 Å². The first-order valence-corrected chi connectivity index (χ1v) is 8.35. The third-order valence-electron chi connectivity index (χ3n) is 4.44. The number of nitrogens with zero attached hydrogens (tertiary/aromatic N) is 3. The van der Waals surface area contributed by atoms with Gasteiger partial charge in [0.1, 0.15) is 6.10 Å². The highest BCUT2D eigenvalue weighted by atomic mass is 16.5. The molecule has 0 spiro atoms. The molecule has 126 valence electrons. The van der Waals surface area contributed by atoms with E-state index in [0.29, 0.717) is 25.3 Å². The van der Waals surface area contributed by atoms with Gasteiger partial charge in [-0.2, -0.15) is 0 Å². The normalized spacial score (nSPS) is 17.4. The highest BCUT2D eigenvalue weighted by molar-refractivity contribution is 5.94. The molecule has 4 rings (SSSR count). The lowest BCUT2D eigenvalue weighted by Gasteiger charge is -2.33. The standard InChI is InChI=1S/C20H19N3O2/c24-20(17-6-8-18(9-7-17)23-11-10-21-15-23)22-12-13-25-19(14-22)16-4-2-1-3-5-16/h1-11,15,19H,12-14H2. The summed E-state index contributed by atoms with van der Waals surface area (Å²) < 4.78 is 7.76. The van der Waals surface area contributed by atoms with E-state index in [1.54, 1.807) is 12.5 Å². The first kappa shape index (κ1) is 15.6. The number of aromatic nitrogens is 2. The van der Waals surface area contributed by atoms with Crippen molar-refractivity contribution in [3.63, 3.8) is 0 Å². The van der Waals surface area contributed by atoms with E-state index in [2.05, 4.69) is 4.98 Å². The molecule has 1 saturated heterocycles. The van der Waals surface area contributed by atoms with Gasteiger partial charge in [0, 0.05) is 30.2 Å². The third-order valence-corrected chi connectivity index (χ3v) is 4.44. The SMILES string of the molecule is O=C(c1ccc(-n2ccnc2)cc1)N1CCOC(c2ccccc2)C1. The maximum atomic E-state index is 12.8. The van der Waals surface area contributed by atoms with Crippen LogP contribution in [0.3, 0.4) is 0 Å². The summed E-state index contributed by atoms with van der Waals surface area (Å²) in [5, 5.41) is 0. The Labute approximate surface area is 146 Å². The molecule has 1 aromatic heterocycles. The van der Waals surface area contributed by atoms with Crippen LogP contribution in [-0.4, -0.2) is 40.1 Å². The molecule has 0 saturated carbocycles. The lowest BCUT2D eigenvalue weighted by molar-refractivity contribution is -0.0228. The average Bonchev–Trinajstić information content (AvgIpc) is 3.23. The maximum absolute atomic E-state index is 12.8. The van der Waals surface area contributed by atoms with Gasteiger partial charge in [-0.15, -0.1) is 0 Å². The number of benzene rings is 2. The molecular weight excluding hydrogens is 314 g/mol. The number of carbonyl (C=O) groups excluding carboxylic acids is 1. The van der Waals surface area contributed by atoms with E-state index in [1.165, 1.54) is 0 Å². The Bertz CT molecular complexity index is 829. The molecule has 1 atom stereocenters. The summed E-state index contributed by atoms with van der Waals surface area (Å²) in [5.41, 5.74) is 2.78. The molecule has 5 heteroatoms. The molecular formula is C20H19N3O2. The van der Waals surface area contributed by atoms with Crippen LogP contribution in [0.15, 0.2) is 73.3 Å². The van der Waals surface area contributed by atoms with Crippen LogP contribution in [-0.2, 0) is 4.74 Å². The average molecular weight is 333 g/mol. The van der Waals surface area contributed by atoms with Gasteiger partial charge in [0.15, 0.2) is 0 Å². The van der Waals surface area contributed by atoms with E-state index in [-0.39, 0.29) is 12.0 Å². The van der Waals surface area contributed by atoms with Gasteiger partial charge in [-0.05, 0) is 29.8 Å². The summed E-state index contributed by atoms with van der Waals surface area (Å²) in [5.74, 6) is 0.0430. The van der Waals surface area contributed by atoms with Crippen molar-refractivity contribution in [1.29, 1.82) is 0 Å². The number of hydrogen-bond donors (Lipinski definition) is 0. The number of morpholine rings is 1. The Kier molecular flexibility index (Phi) is 4.31. The van der Waals surface area contributed by atoms with Gasteiger partial charge >= 0.3 is 0 Å². The van der Waals surface area contributed by atoms with Crippen LogP contribution in [0, 0.1) is 0 Å². The Morgan fingerprint density at radius 3 is 2.60 bits per heavy atom. The monoisotopic (exact) mass is 333 g/mol. The summed E-state index contributed by atoms with van der Waals surface area (Å²) in [4.78, 5) is 18.7. The first-order valence-electron chi connectivity index (χ1n) is 8.35. The van der Waals surface area contributed by atoms with Gasteiger partial charge in [0.05, 0.1) is 19.5 Å². The van der Waals surface area contributed by atoms with E-state index in [4.69, 9.17) is 4.74 Å². The van der Waals surface area contributed by atoms with Gasteiger partial charge in [-0.1, -0.05) is 30.3 Å². The van der Waals surface area contributed by atoms with E-state index in [0.717, 1.165) is 11.3 Å². The Balaban J connectivity index is 1.48. The second kappa shape index (κ2) is 6.91. The second-order valence-electron chi connectivity index (χ2n) is 6.04. The molecule has 25 heavy (non-hydrogen) atoms. The molecule has 2 heterocycles. The molecule has 1 amide bonds. The Hall–Kier alpha value is -2.92. The molecule has 1 unspecified atom stereocenters. The third kappa shape index (κ3) is 3.32. The molecule has 3 aromatic rings. The van der Waals surface area contributed by atoms with Crippen LogP contribution in [0.1, 0.15) is 22.0 Å². The first-order chi connectivity index (χ1) is 12.3. The number of hydrogen-bond acceptors (Lipinski definition) is 3. The van der Waals surface area contributed by atoms with Crippen molar-refractivity contribution >= 4 is 5.91 Å². The molecule has 0 aliphatic carbocycles. The van der Waals surface area contributed by atoms with Crippen LogP contribution in [0.25, 0.3) is 5.69 Å². The number of amides is 1. The predicted octanol–water partition coefficient (Wildman–Crippen LogP) is 3.09. The summed E-state index contributed by atoms with van der Waals surface area (Å²) in [6.07, 6.45) is 5.28. The van der Waals surface area contributed by atoms with E-state index >= 15 is 0 Å². The fourth-order valence-corrected chi connectivity index (χ4v) is 3.07. The highest BCUT2D eigenvalue weighted by Gasteiger charge is 2.26. The predicted molar refractivity (Wildman–Crippen MR) is 94.6 cm³/mol. The van der Waals surface area contributed by atoms with Crippen molar-refractivity contribution in [1.82, 2.24) is 14.5 Å². The van der Waals surface area contributed by atoms with E-state index in [9.17, 15) is 4.79 Å². The molecule has 1 aliphatic rings. The zero-order valence-corrected chi connectivity index (χ0v) is 13.8. The van der Waals surface area contributed by atoms with Crippen LogP contribution in [0.5, 0.6) is 0 Å². The summed E-state index contributed by atoms with van der Waals surface area (Å²) in [7, 11) is 0. The quantitative estimate of drug-likeness (QED) is 0.740. The zero-order chi connectivity index (χ0) is 17.1. The van der Waals surface area contributed by atoms with Crippen LogP contribution in [0.4, 0.5) is 0 Å². The van der Waals surface area contributed by atoms with Crippen molar-refractivity contribution in [2.75, 3.05) is 19.7 Å². The Morgan fingerprint density at radius 1 is 1.08 bits per heavy atom. The number of ether oxygens (including phenoxy) is 1. The fourth-order valence-electron chi connectivity index (χ4n) is 3.07. The minimum absolute atomic E-state index is 0.0430.